The maximum atomic E-state index is 15.5. The number of aryl methyl sites for hydroxylation is 1. The van der Waals surface area contributed by atoms with Crippen LogP contribution in [-0.2, 0) is 42.8 Å². The average molecular weight is 1100 g/mol. The van der Waals surface area contributed by atoms with Gasteiger partial charge >= 0.3 is 12.4 Å². The van der Waals surface area contributed by atoms with Gasteiger partial charge in [0.25, 0.3) is 0 Å². The molecule has 2 aromatic carbocycles. The number of likely N-dealkylation sites (tertiary alicyclic amines) is 1. The lowest BCUT2D eigenvalue weighted by molar-refractivity contribution is -0.144. The van der Waals surface area contributed by atoms with Crippen molar-refractivity contribution in [2.24, 2.45) is 5.41 Å². The van der Waals surface area contributed by atoms with E-state index in [2.05, 4.69) is 20.6 Å². The summed E-state index contributed by atoms with van der Waals surface area (Å²) in [5.41, 5.74) is -3.30. The number of carbonyl (C=O) groups is 3. The van der Waals surface area contributed by atoms with Gasteiger partial charge in [0.15, 0.2) is 17.2 Å². The highest BCUT2D eigenvalue weighted by molar-refractivity contribution is 7.80. The van der Waals surface area contributed by atoms with Gasteiger partial charge in [0, 0.05) is 39.3 Å². The lowest BCUT2D eigenvalue weighted by atomic mass is 9.85. The predicted molar refractivity (Wildman–Crippen MR) is 266 cm³/mol. The number of hydrogen-bond donors (Lipinski definition) is 4. The maximum Gasteiger partial charge on any atom is 0.421 e. The number of anilines is 2. The van der Waals surface area contributed by atoms with Crippen LogP contribution in [-0.4, -0.2) is 117 Å². The Balaban J connectivity index is 0.922. The molecule has 2 aliphatic rings. The molecule has 0 saturated carbocycles. The summed E-state index contributed by atoms with van der Waals surface area (Å²) in [5.74, 6) is -4.22. The Bertz CT molecular complexity index is 2750. The molecule has 16 nitrogen and oxygen atoms in total. The van der Waals surface area contributed by atoms with Crippen LogP contribution in [0.25, 0.3) is 10.4 Å². The zero-order chi connectivity index (χ0) is 55.2. The number of β-amino-alcohol motifs (C(OH)–C–C–N with tert-alkyl or cyclic N) is 1. The van der Waals surface area contributed by atoms with E-state index in [1.165, 1.54) is 36.2 Å². The fraction of sp³-hybridized carbons (Fsp3) is 0.500. The van der Waals surface area contributed by atoms with Gasteiger partial charge in [-0.3, -0.25) is 19.3 Å². The Kier molecular flexibility index (Phi) is 18.5. The lowest BCUT2D eigenvalue weighted by Crippen LogP contribution is -2.58. The van der Waals surface area contributed by atoms with Gasteiger partial charge in [0.05, 0.1) is 63.5 Å². The minimum atomic E-state index is -5.30. The molecule has 0 radical (unpaired) electrons. The van der Waals surface area contributed by atoms with Gasteiger partial charge in [0.2, 0.25) is 23.6 Å². The molecule has 2 aromatic heterocycles. The summed E-state index contributed by atoms with van der Waals surface area (Å²) in [6, 6.07) is 9.11. The van der Waals surface area contributed by atoms with Crippen molar-refractivity contribution in [3.05, 3.63) is 87.9 Å². The van der Waals surface area contributed by atoms with E-state index in [1.807, 2.05) is 31.2 Å². The quantitative estimate of drug-likeness (QED) is 0.0382. The summed E-state index contributed by atoms with van der Waals surface area (Å²) in [6.45, 7) is 9.94. The minimum absolute atomic E-state index is 0.0322. The van der Waals surface area contributed by atoms with Gasteiger partial charge < -0.3 is 44.9 Å². The SMILES string of the molecule is Cc1ncsc1-c1ccc(CNC(=O)[C@@H]2C[C@@H](O)CN2C(=O)[C@@H](NC(=O)COCCCOCCCCOc2ncc(N3C(=S)N(c4ccc(C#N)c(C(F)(F)F)c4F)C(O)C3(C)C)cc2C(F)(F)F)C(C)(C)C)cc1. The van der Waals surface area contributed by atoms with Crippen LogP contribution in [0.4, 0.5) is 42.1 Å². The number of alkyl halides is 6. The van der Waals surface area contributed by atoms with Crippen LogP contribution in [0.2, 0.25) is 0 Å². The van der Waals surface area contributed by atoms with Gasteiger partial charge in [-0.05, 0) is 87.0 Å². The highest BCUT2D eigenvalue weighted by atomic mass is 32.1. The number of pyridine rings is 1. The van der Waals surface area contributed by atoms with Crippen molar-refractivity contribution in [2.75, 3.05) is 49.4 Å². The minimum Gasteiger partial charge on any atom is -0.477 e. The number of rotatable bonds is 20. The molecule has 4 atom stereocenters. The molecule has 3 amide bonds. The fourth-order valence-electron chi connectivity index (χ4n) is 8.56. The number of ether oxygens (including phenoxy) is 3. The van der Waals surface area contributed by atoms with E-state index >= 15 is 4.39 Å². The Labute approximate surface area is 437 Å². The molecule has 2 fully saturated rings. The molecule has 1 unspecified atom stereocenters. The number of halogens is 7. The highest BCUT2D eigenvalue weighted by Crippen LogP contribution is 2.45. The van der Waals surface area contributed by atoms with Crippen molar-refractivity contribution in [3.8, 4) is 22.4 Å². The number of aliphatic hydroxyl groups excluding tert-OH is 2. The molecule has 0 aliphatic carbocycles. The van der Waals surface area contributed by atoms with Crippen LogP contribution in [0.3, 0.4) is 0 Å². The number of nitrogens with one attached hydrogen (secondary N) is 2. The first kappa shape index (κ1) is 58.2. The summed E-state index contributed by atoms with van der Waals surface area (Å²) in [7, 11) is 0. The number of thiazole rings is 1. The third kappa shape index (κ3) is 13.7. The van der Waals surface area contributed by atoms with Crippen molar-refractivity contribution in [3.63, 3.8) is 0 Å². The van der Waals surface area contributed by atoms with Crippen molar-refractivity contribution in [1.29, 1.82) is 5.26 Å². The third-order valence-corrected chi connectivity index (χ3v) is 13.8. The summed E-state index contributed by atoms with van der Waals surface area (Å²) >= 11 is 6.94. The average Bonchev–Trinajstić information content (AvgIpc) is 4.00. The molecule has 0 spiro atoms. The largest absolute Gasteiger partial charge is 0.477 e. The Hall–Kier alpha value is -6.04. The molecule has 4 heterocycles. The molecule has 4 N–H and O–H groups in total. The van der Waals surface area contributed by atoms with E-state index in [0.717, 1.165) is 38.9 Å². The van der Waals surface area contributed by atoms with E-state index < -0.39 is 105 Å². The van der Waals surface area contributed by atoms with Crippen LogP contribution in [0.15, 0.2) is 54.2 Å². The second kappa shape index (κ2) is 23.9. The number of benzene rings is 2. The zero-order valence-electron chi connectivity index (χ0n) is 41.8. The first-order chi connectivity index (χ1) is 35.2. The van der Waals surface area contributed by atoms with Crippen LogP contribution < -0.4 is 25.2 Å². The number of amides is 3. The molecule has 2 aliphatic heterocycles. The molecule has 2 saturated heterocycles. The number of hydrogen-bond acceptors (Lipinski definition) is 13. The van der Waals surface area contributed by atoms with Crippen molar-refractivity contribution in [2.45, 2.75) is 116 Å². The van der Waals surface area contributed by atoms with E-state index in [4.69, 9.17) is 31.7 Å². The lowest BCUT2D eigenvalue weighted by Gasteiger charge is -2.35. The Morgan fingerprint density at radius 3 is 2.25 bits per heavy atom. The first-order valence-corrected chi connectivity index (χ1v) is 25.0. The summed E-state index contributed by atoms with van der Waals surface area (Å²) in [5, 5.41) is 36.0. The van der Waals surface area contributed by atoms with E-state index in [0.29, 0.717) is 29.9 Å². The summed E-state index contributed by atoms with van der Waals surface area (Å²) in [6.07, 6.45) is -11.1. The molecule has 4 aromatic rings. The second-order valence-electron chi connectivity index (χ2n) is 19.5. The number of nitrogens with zero attached hydrogens (tertiary/aromatic N) is 6. The third-order valence-electron chi connectivity index (χ3n) is 12.5. The molecular formula is C50H57F7N8O8S2. The number of nitriles is 1. The highest BCUT2D eigenvalue weighted by Gasteiger charge is 2.53. The van der Waals surface area contributed by atoms with Gasteiger partial charge in [0.1, 0.15) is 29.8 Å². The number of unbranched alkanes of at least 4 members (excludes halogenated alkanes) is 1. The number of aromatic nitrogens is 2. The number of thiocarbonyl (C=S) groups is 1. The molecule has 25 heteroatoms. The van der Waals surface area contributed by atoms with Crippen LogP contribution in [0, 0.1) is 29.5 Å². The topological polar surface area (TPSA) is 203 Å². The van der Waals surface area contributed by atoms with Crippen molar-refractivity contribution in [1.82, 2.24) is 25.5 Å². The molecule has 406 valence electrons. The van der Waals surface area contributed by atoms with E-state index in [1.54, 1.807) is 26.3 Å². The molecule has 6 rings (SSSR count). The predicted octanol–water partition coefficient (Wildman–Crippen LogP) is 7.66. The maximum absolute atomic E-state index is 15.5. The fourth-order valence-corrected chi connectivity index (χ4v) is 9.91. The van der Waals surface area contributed by atoms with Gasteiger partial charge in [-0.15, -0.1) is 11.3 Å². The zero-order valence-corrected chi connectivity index (χ0v) is 43.4. The molecular weight excluding hydrogens is 1040 g/mol. The number of carbonyl (C=O) groups excluding carboxylic acids is 3. The Morgan fingerprint density at radius 1 is 0.960 bits per heavy atom. The summed E-state index contributed by atoms with van der Waals surface area (Å²) in [4.78, 5) is 52.5. The van der Waals surface area contributed by atoms with Gasteiger partial charge in [-0.1, -0.05) is 45.0 Å². The van der Waals surface area contributed by atoms with Gasteiger partial charge in [-0.2, -0.15) is 31.6 Å². The first-order valence-electron chi connectivity index (χ1n) is 23.7. The van der Waals surface area contributed by atoms with Crippen molar-refractivity contribution < 1.29 is 69.5 Å². The molecule has 0 bridgehead atoms. The normalized spacial score (nSPS) is 18.3. The van der Waals surface area contributed by atoms with Crippen LogP contribution in [0.1, 0.15) is 88.2 Å². The smallest absolute Gasteiger partial charge is 0.421 e. The van der Waals surface area contributed by atoms with Crippen molar-refractivity contribution >= 4 is 57.8 Å². The monoisotopic (exact) mass is 1090 g/mol. The van der Waals surface area contributed by atoms with E-state index in [-0.39, 0.29) is 64.7 Å². The van der Waals surface area contributed by atoms with E-state index in [9.17, 15) is 50.9 Å². The summed E-state index contributed by atoms with van der Waals surface area (Å²) < 4.78 is 117. The standard InChI is InChI=1S/C50H57F7N8O8S2/c1-28-40(75-27-61-28)30-12-10-29(11-13-30)23-59-42(68)36-21-33(66)25-63(36)44(69)41(47(2,3)4)62-37(67)26-72-18-9-17-71-16-7-8-19-73-43-34(49(52,53)54)20-32(24-60-43)65-46(74)64(45(70)48(65,5)6)35-15-14-31(22-58)38(39(35)51)50(55,56)57/h10-15,20,24,27,33,36,41,45,66,70H,7-9,16-19,21,23,25-26H2,1-6H3,(H,59,68)(H,62,67)/t33-,36+,41-,45?/m1/s1. The molecule has 75 heavy (non-hydrogen) atoms. The Morgan fingerprint density at radius 2 is 1.63 bits per heavy atom. The number of aliphatic hydroxyl groups is 2. The second-order valence-corrected chi connectivity index (χ2v) is 20.7. The van der Waals surface area contributed by atoms with Crippen LogP contribution >= 0.6 is 23.6 Å². The van der Waals surface area contributed by atoms with Crippen LogP contribution in [0.5, 0.6) is 5.88 Å². The van der Waals surface area contributed by atoms with Gasteiger partial charge in [-0.25, -0.2) is 14.4 Å².